The minimum Gasteiger partial charge on any atom is -0.489 e. The largest absolute Gasteiger partial charge is 0.489 e. The third-order valence-corrected chi connectivity index (χ3v) is 4.62. The van der Waals surface area contributed by atoms with E-state index in [0.717, 1.165) is 26.1 Å². The fourth-order valence-electron chi connectivity index (χ4n) is 1.91. The van der Waals surface area contributed by atoms with Gasteiger partial charge in [0.25, 0.3) is 5.91 Å². The highest BCUT2D eigenvalue weighted by atomic mass is 127. The highest BCUT2D eigenvalue weighted by Crippen LogP contribution is 2.16. The van der Waals surface area contributed by atoms with E-state index in [-0.39, 0.29) is 11.0 Å². The van der Waals surface area contributed by atoms with Gasteiger partial charge in [-0.05, 0) is 96.2 Å². The molecule has 130 valence electrons. The van der Waals surface area contributed by atoms with Crippen molar-refractivity contribution in [3.63, 3.8) is 0 Å². The maximum atomic E-state index is 12.2. The zero-order chi connectivity index (χ0) is 18.4. The van der Waals surface area contributed by atoms with Crippen LogP contribution in [-0.4, -0.2) is 17.6 Å². The smallest absolute Gasteiger partial charge is 0.257 e. The monoisotopic (exact) mass is 466 g/mol. The number of hydrogen-bond donors (Lipinski definition) is 2. The van der Waals surface area contributed by atoms with Crippen molar-refractivity contribution < 1.29 is 9.53 Å². The van der Waals surface area contributed by atoms with Crippen LogP contribution in [0.3, 0.4) is 0 Å². The summed E-state index contributed by atoms with van der Waals surface area (Å²) >= 11 is 7.40. The van der Waals surface area contributed by atoms with Crippen LogP contribution in [0.4, 0.5) is 5.69 Å². The second-order valence-corrected chi connectivity index (χ2v) is 7.21. The van der Waals surface area contributed by atoms with Gasteiger partial charge in [-0.1, -0.05) is 12.6 Å². The molecule has 2 aromatic carbocycles. The first-order valence-electron chi connectivity index (χ1n) is 7.61. The molecule has 0 aliphatic carbocycles. The standard InChI is InChI=1S/C19H19IN2O2S/c1-12(2)11-24-16-8-6-15(7-9-16)21-19(25)22-18(23)14-5-4-13(3)17(20)10-14/h4-10H,1,11H2,2-3H3,(H2,21,22,23,25). The number of amides is 1. The number of carbonyl (C=O) groups excluding carboxylic acids is 1. The van der Waals surface area contributed by atoms with Crippen LogP contribution in [0.2, 0.25) is 0 Å². The van der Waals surface area contributed by atoms with Gasteiger partial charge in [0.2, 0.25) is 0 Å². The van der Waals surface area contributed by atoms with Gasteiger partial charge in [0, 0.05) is 14.8 Å². The van der Waals surface area contributed by atoms with E-state index >= 15 is 0 Å². The number of nitrogens with one attached hydrogen (secondary N) is 2. The van der Waals surface area contributed by atoms with Crippen molar-refractivity contribution >= 4 is 51.5 Å². The van der Waals surface area contributed by atoms with Gasteiger partial charge >= 0.3 is 0 Å². The van der Waals surface area contributed by atoms with Crippen LogP contribution < -0.4 is 15.4 Å². The van der Waals surface area contributed by atoms with Crippen LogP contribution in [0.5, 0.6) is 5.75 Å². The van der Waals surface area contributed by atoms with Crippen molar-refractivity contribution in [3.8, 4) is 5.75 Å². The average Bonchev–Trinajstić information content (AvgIpc) is 2.56. The summed E-state index contributed by atoms with van der Waals surface area (Å²) in [5, 5.41) is 5.91. The SMILES string of the molecule is C=C(C)COc1ccc(NC(=S)NC(=O)c2ccc(C)c(I)c2)cc1. The normalized spacial score (nSPS) is 10.0. The van der Waals surface area contributed by atoms with Crippen molar-refractivity contribution in [3.05, 3.63) is 69.3 Å². The number of hydrogen-bond acceptors (Lipinski definition) is 3. The zero-order valence-electron chi connectivity index (χ0n) is 14.1. The van der Waals surface area contributed by atoms with Crippen molar-refractivity contribution in [2.75, 3.05) is 11.9 Å². The van der Waals surface area contributed by atoms with E-state index in [0.29, 0.717) is 12.2 Å². The van der Waals surface area contributed by atoms with Gasteiger partial charge in [0.1, 0.15) is 12.4 Å². The molecule has 0 spiro atoms. The lowest BCUT2D eigenvalue weighted by Gasteiger charge is -2.11. The average molecular weight is 466 g/mol. The first kappa shape index (κ1) is 19.4. The van der Waals surface area contributed by atoms with Crippen LogP contribution in [0.25, 0.3) is 0 Å². The number of aryl methyl sites for hydroxylation is 1. The molecule has 2 rings (SSSR count). The van der Waals surface area contributed by atoms with Crippen LogP contribution in [0.15, 0.2) is 54.6 Å². The molecule has 0 aliphatic heterocycles. The molecule has 0 aliphatic rings. The summed E-state index contributed by atoms with van der Waals surface area (Å²) in [4.78, 5) is 12.2. The van der Waals surface area contributed by atoms with E-state index in [2.05, 4.69) is 39.8 Å². The molecule has 1 amide bonds. The Morgan fingerprint density at radius 1 is 1.24 bits per heavy atom. The summed E-state index contributed by atoms with van der Waals surface area (Å²) in [5.41, 5.74) is 3.43. The van der Waals surface area contributed by atoms with Crippen LogP contribution in [0.1, 0.15) is 22.8 Å². The number of carbonyl (C=O) groups is 1. The molecule has 0 bridgehead atoms. The minimum atomic E-state index is -0.239. The molecule has 0 saturated heterocycles. The summed E-state index contributed by atoms with van der Waals surface area (Å²) < 4.78 is 6.58. The lowest BCUT2D eigenvalue weighted by Crippen LogP contribution is -2.34. The summed E-state index contributed by atoms with van der Waals surface area (Å²) in [6.07, 6.45) is 0. The summed E-state index contributed by atoms with van der Waals surface area (Å²) in [6, 6.07) is 12.9. The lowest BCUT2D eigenvalue weighted by molar-refractivity contribution is 0.0977. The second kappa shape index (κ2) is 8.96. The van der Waals surface area contributed by atoms with E-state index < -0.39 is 0 Å². The molecule has 0 atom stereocenters. The van der Waals surface area contributed by atoms with Crippen molar-refractivity contribution in [1.82, 2.24) is 5.32 Å². The van der Waals surface area contributed by atoms with Gasteiger partial charge < -0.3 is 10.1 Å². The van der Waals surface area contributed by atoms with Crippen LogP contribution in [0, 0.1) is 10.5 Å². The Morgan fingerprint density at radius 3 is 2.52 bits per heavy atom. The second-order valence-electron chi connectivity index (χ2n) is 5.64. The summed E-state index contributed by atoms with van der Waals surface area (Å²) in [5.74, 6) is 0.509. The molecule has 0 fully saturated rings. The molecule has 0 radical (unpaired) electrons. The van der Waals surface area contributed by atoms with Crippen LogP contribution in [-0.2, 0) is 0 Å². The molecule has 0 unspecified atom stereocenters. The Hall–Kier alpha value is -1.93. The first-order chi connectivity index (χ1) is 11.8. The number of benzene rings is 2. The molecule has 25 heavy (non-hydrogen) atoms. The molecular weight excluding hydrogens is 447 g/mol. The van der Waals surface area contributed by atoms with Gasteiger partial charge in [-0.2, -0.15) is 0 Å². The Kier molecular flexibility index (Phi) is 6.95. The Bertz CT molecular complexity index is 804. The highest BCUT2D eigenvalue weighted by molar-refractivity contribution is 14.1. The van der Waals surface area contributed by atoms with E-state index in [9.17, 15) is 4.79 Å². The van der Waals surface area contributed by atoms with Crippen LogP contribution >= 0.6 is 34.8 Å². The Morgan fingerprint density at radius 2 is 1.92 bits per heavy atom. The highest BCUT2D eigenvalue weighted by Gasteiger charge is 2.09. The number of thiocarbonyl (C=S) groups is 1. The fraction of sp³-hybridized carbons (Fsp3) is 0.158. The maximum Gasteiger partial charge on any atom is 0.257 e. The molecular formula is C19H19IN2O2S. The predicted molar refractivity (Wildman–Crippen MR) is 114 cm³/mol. The molecule has 4 nitrogen and oxygen atoms in total. The van der Waals surface area contributed by atoms with Gasteiger partial charge in [-0.3, -0.25) is 10.1 Å². The topological polar surface area (TPSA) is 50.4 Å². The van der Waals surface area contributed by atoms with Gasteiger partial charge in [-0.25, -0.2) is 0 Å². The maximum absolute atomic E-state index is 12.2. The molecule has 6 heteroatoms. The number of ether oxygens (including phenoxy) is 1. The molecule has 0 saturated carbocycles. The summed E-state index contributed by atoms with van der Waals surface area (Å²) in [7, 11) is 0. The number of halogens is 1. The van der Waals surface area contributed by atoms with E-state index in [1.807, 2.05) is 50.2 Å². The Balaban J connectivity index is 1.92. The van der Waals surface area contributed by atoms with Crippen molar-refractivity contribution in [2.24, 2.45) is 0 Å². The van der Waals surface area contributed by atoms with Gasteiger partial charge in [-0.15, -0.1) is 0 Å². The van der Waals surface area contributed by atoms with Crippen molar-refractivity contribution in [1.29, 1.82) is 0 Å². The predicted octanol–water partition coefficient (Wildman–Crippen LogP) is 4.68. The molecule has 2 aromatic rings. The number of rotatable bonds is 5. The van der Waals surface area contributed by atoms with E-state index in [1.165, 1.54) is 0 Å². The third-order valence-electron chi connectivity index (χ3n) is 3.26. The summed E-state index contributed by atoms with van der Waals surface area (Å²) in [6.45, 7) is 8.19. The van der Waals surface area contributed by atoms with E-state index in [1.54, 1.807) is 6.07 Å². The van der Waals surface area contributed by atoms with Crippen molar-refractivity contribution in [2.45, 2.75) is 13.8 Å². The fourth-order valence-corrected chi connectivity index (χ4v) is 2.64. The Labute approximate surface area is 166 Å². The van der Waals surface area contributed by atoms with E-state index in [4.69, 9.17) is 17.0 Å². The zero-order valence-corrected chi connectivity index (χ0v) is 17.0. The van der Waals surface area contributed by atoms with Gasteiger partial charge in [0.05, 0.1) is 0 Å². The van der Waals surface area contributed by atoms with Gasteiger partial charge in [0.15, 0.2) is 5.11 Å². The first-order valence-corrected chi connectivity index (χ1v) is 9.09. The quantitative estimate of drug-likeness (QED) is 0.382. The minimum absolute atomic E-state index is 0.239. The third kappa shape index (κ3) is 6.13. The molecule has 0 heterocycles. The molecule has 0 aromatic heterocycles. The molecule has 2 N–H and O–H groups in total. The lowest BCUT2D eigenvalue weighted by atomic mass is 10.1. The number of anilines is 1.